The Hall–Kier alpha value is -2.86. The minimum atomic E-state index is -0.814. The molecule has 0 amide bonds. The monoisotopic (exact) mass is 456 g/mol. The number of carbonyl (C=O) groups is 1. The predicted octanol–water partition coefficient (Wildman–Crippen LogP) is 7.06. The number of halogens is 1. The maximum absolute atomic E-state index is 14.6. The highest BCUT2D eigenvalue weighted by atomic mass is 32.1. The maximum Gasteiger partial charge on any atom is 0.303 e. The first-order chi connectivity index (χ1) is 15.5. The number of aryl methyl sites for hydroxylation is 1. The molecule has 1 fully saturated rings. The summed E-state index contributed by atoms with van der Waals surface area (Å²) in [6.45, 7) is 4.40. The zero-order chi connectivity index (χ0) is 23.1. The second-order valence-electron chi connectivity index (χ2n) is 7.45. The number of ether oxygens (including phenoxy) is 2. The van der Waals surface area contributed by atoms with Crippen LogP contribution in [0, 0.1) is 5.82 Å². The lowest BCUT2D eigenvalue weighted by Crippen LogP contribution is -2.00. The van der Waals surface area contributed by atoms with Crippen molar-refractivity contribution >= 4 is 17.3 Å². The van der Waals surface area contributed by atoms with E-state index in [1.54, 1.807) is 19.2 Å². The average molecular weight is 457 g/mol. The van der Waals surface area contributed by atoms with Gasteiger partial charge in [0.05, 0.1) is 7.11 Å². The van der Waals surface area contributed by atoms with Crippen molar-refractivity contribution in [1.82, 2.24) is 0 Å². The van der Waals surface area contributed by atoms with E-state index < -0.39 is 5.97 Å². The van der Waals surface area contributed by atoms with Crippen LogP contribution in [-0.4, -0.2) is 18.2 Å². The van der Waals surface area contributed by atoms with E-state index in [0.29, 0.717) is 36.0 Å². The van der Waals surface area contributed by atoms with Gasteiger partial charge in [0.2, 0.25) is 0 Å². The molecular formula is C26H29FO4S. The van der Waals surface area contributed by atoms with Gasteiger partial charge in [0.15, 0.2) is 0 Å². The number of thiophene rings is 1. The minimum absolute atomic E-state index is 0.0925. The Labute approximate surface area is 192 Å². The maximum atomic E-state index is 14.6. The molecule has 0 radical (unpaired) electrons. The van der Waals surface area contributed by atoms with Crippen molar-refractivity contribution in [3.8, 4) is 21.9 Å². The molecule has 1 aliphatic rings. The fourth-order valence-corrected chi connectivity index (χ4v) is 4.71. The third-order valence-electron chi connectivity index (χ3n) is 5.23. The fraction of sp³-hybridized carbons (Fsp3) is 0.346. The summed E-state index contributed by atoms with van der Waals surface area (Å²) in [6.07, 6.45) is 2.77. The van der Waals surface area contributed by atoms with Gasteiger partial charge in [0.25, 0.3) is 0 Å². The summed E-state index contributed by atoms with van der Waals surface area (Å²) in [7, 11) is 1.58. The molecule has 6 heteroatoms. The van der Waals surface area contributed by atoms with Gasteiger partial charge in [-0.15, -0.1) is 11.3 Å². The highest BCUT2D eigenvalue weighted by Crippen LogP contribution is 2.49. The van der Waals surface area contributed by atoms with Gasteiger partial charge < -0.3 is 14.6 Å². The van der Waals surface area contributed by atoms with Crippen LogP contribution in [0.5, 0.6) is 11.5 Å². The zero-order valence-electron chi connectivity index (χ0n) is 18.7. The molecule has 0 bridgehead atoms. The molecule has 2 aromatic carbocycles. The number of benzene rings is 2. The van der Waals surface area contributed by atoms with E-state index in [1.807, 2.05) is 38.1 Å². The predicted molar refractivity (Wildman–Crippen MR) is 126 cm³/mol. The van der Waals surface area contributed by atoms with E-state index in [-0.39, 0.29) is 12.2 Å². The molecule has 1 N–H and O–H groups in total. The topological polar surface area (TPSA) is 55.8 Å². The summed E-state index contributed by atoms with van der Waals surface area (Å²) in [6, 6.07) is 12.4. The standard InChI is InChI=1S/C24H23FO4S.C2H6/c1-28-18-8-9-21(25)20(12-18)24-23(16-6-7-16)17(14-30-24)13-29-19-4-2-3-15(11-19)5-10-22(26)27;1-2/h2-4,8-9,11-12,14,16H,5-7,10,13H2,1H3,(H,26,27);1-2H3. The second kappa shape index (κ2) is 11.1. The minimum Gasteiger partial charge on any atom is -0.497 e. The van der Waals surface area contributed by atoms with Gasteiger partial charge in [-0.1, -0.05) is 26.0 Å². The zero-order valence-corrected chi connectivity index (χ0v) is 19.5. The Kier molecular flexibility index (Phi) is 8.28. The lowest BCUT2D eigenvalue weighted by Gasteiger charge is -2.11. The molecule has 170 valence electrons. The van der Waals surface area contributed by atoms with Crippen LogP contribution in [-0.2, 0) is 17.8 Å². The van der Waals surface area contributed by atoms with E-state index in [4.69, 9.17) is 14.6 Å². The first-order valence-electron chi connectivity index (χ1n) is 10.9. The van der Waals surface area contributed by atoms with E-state index >= 15 is 0 Å². The van der Waals surface area contributed by atoms with Gasteiger partial charge in [-0.25, -0.2) is 4.39 Å². The highest BCUT2D eigenvalue weighted by Gasteiger charge is 2.31. The summed E-state index contributed by atoms with van der Waals surface area (Å²) >= 11 is 1.54. The van der Waals surface area contributed by atoms with E-state index in [9.17, 15) is 9.18 Å². The molecule has 0 saturated heterocycles. The molecule has 1 heterocycles. The van der Waals surface area contributed by atoms with Crippen LogP contribution in [0.25, 0.3) is 10.4 Å². The summed E-state index contributed by atoms with van der Waals surface area (Å²) in [5, 5.41) is 10.9. The summed E-state index contributed by atoms with van der Waals surface area (Å²) in [5.74, 6) is 0.721. The smallest absolute Gasteiger partial charge is 0.303 e. The third kappa shape index (κ3) is 5.88. The van der Waals surface area contributed by atoms with Crippen LogP contribution in [0.4, 0.5) is 4.39 Å². The van der Waals surface area contributed by atoms with Gasteiger partial charge in [-0.2, -0.15) is 0 Å². The summed E-state index contributed by atoms with van der Waals surface area (Å²) < 4.78 is 25.9. The molecular weight excluding hydrogens is 427 g/mol. The SMILES string of the molecule is CC.COc1ccc(F)c(-c2scc(COc3cccc(CCC(=O)O)c3)c2C2CC2)c1. The quantitative estimate of drug-likeness (QED) is 0.374. The molecule has 4 nitrogen and oxygen atoms in total. The van der Waals surface area contributed by atoms with Crippen molar-refractivity contribution in [2.24, 2.45) is 0 Å². The average Bonchev–Trinajstić information content (AvgIpc) is 3.57. The van der Waals surface area contributed by atoms with Crippen LogP contribution < -0.4 is 9.47 Å². The molecule has 0 unspecified atom stereocenters. The van der Waals surface area contributed by atoms with Gasteiger partial charge in [0.1, 0.15) is 23.9 Å². The van der Waals surface area contributed by atoms with Crippen LogP contribution in [0.3, 0.4) is 0 Å². The molecule has 0 atom stereocenters. The van der Waals surface area contributed by atoms with E-state index in [1.165, 1.54) is 23.0 Å². The lowest BCUT2D eigenvalue weighted by atomic mass is 10.0. The van der Waals surface area contributed by atoms with E-state index in [2.05, 4.69) is 5.38 Å². The first kappa shape index (κ1) is 23.8. The molecule has 0 aliphatic heterocycles. The molecule has 1 aromatic heterocycles. The van der Waals surface area contributed by atoms with Gasteiger partial charge in [0, 0.05) is 22.4 Å². The van der Waals surface area contributed by atoms with Crippen LogP contribution in [0.1, 0.15) is 55.7 Å². The summed E-state index contributed by atoms with van der Waals surface area (Å²) in [4.78, 5) is 11.7. The summed E-state index contributed by atoms with van der Waals surface area (Å²) in [5.41, 5.74) is 3.76. The Morgan fingerprint density at radius 3 is 2.62 bits per heavy atom. The third-order valence-corrected chi connectivity index (χ3v) is 6.31. The van der Waals surface area contributed by atoms with Crippen LogP contribution in [0.2, 0.25) is 0 Å². The number of hydrogen-bond donors (Lipinski definition) is 1. The molecule has 0 spiro atoms. The second-order valence-corrected chi connectivity index (χ2v) is 8.33. The fourth-order valence-electron chi connectivity index (χ4n) is 3.55. The largest absolute Gasteiger partial charge is 0.497 e. The first-order valence-corrected chi connectivity index (χ1v) is 11.8. The number of carboxylic acids is 1. The van der Waals surface area contributed by atoms with Crippen molar-refractivity contribution in [2.45, 2.75) is 52.1 Å². The Bertz CT molecular complexity index is 1060. The van der Waals surface area contributed by atoms with Crippen molar-refractivity contribution in [1.29, 1.82) is 0 Å². The normalized spacial score (nSPS) is 12.6. The number of aliphatic carboxylic acids is 1. The van der Waals surface area contributed by atoms with Crippen molar-refractivity contribution in [2.75, 3.05) is 7.11 Å². The molecule has 1 saturated carbocycles. The Morgan fingerprint density at radius 2 is 1.94 bits per heavy atom. The van der Waals surface area contributed by atoms with Crippen molar-refractivity contribution < 1.29 is 23.8 Å². The van der Waals surface area contributed by atoms with Gasteiger partial charge in [-0.05, 0) is 72.0 Å². The number of rotatable bonds is 9. The van der Waals surface area contributed by atoms with Gasteiger partial charge >= 0.3 is 5.97 Å². The Morgan fingerprint density at radius 1 is 1.16 bits per heavy atom. The van der Waals surface area contributed by atoms with Crippen LogP contribution >= 0.6 is 11.3 Å². The van der Waals surface area contributed by atoms with Crippen molar-refractivity contribution in [3.63, 3.8) is 0 Å². The lowest BCUT2D eigenvalue weighted by molar-refractivity contribution is -0.136. The van der Waals surface area contributed by atoms with Crippen molar-refractivity contribution in [3.05, 3.63) is 70.4 Å². The Balaban J connectivity index is 0.00000141. The van der Waals surface area contributed by atoms with Gasteiger partial charge in [-0.3, -0.25) is 4.79 Å². The molecule has 3 aromatic rings. The molecule has 4 rings (SSSR count). The number of methoxy groups -OCH3 is 1. The van der Waals surface area contributed by atoms with E-state index in [0.717, 1.165) is 28.8 Å². The highest BCUT2D eigenvalue weighted by molar-refractivity contribution is 7.14. The molecule has 1 aliphatic carbocycles. The number of carboxylic acid groups (broad SMARTS) is 1. The van der Waals surface area contributed by atoms with Crippen LogP contribution in [0.15, 0.2) is 47.8 Å². The number of hydrogen-bond acceptors (Lipinski definition) is 4. The molecule has 32 heavy (non-hydrogen) atoms.